The zero-order chi connectivity index (χ0) is 7.98. The summed E-state index contributed by atoms with van der Waals surface area (Å²) in [5.41, 5.74) is 1.97. The van der Waals surface area contributed by atoms with Crippen LogP contribution in [0.2, 0.25) is 0 Å². The minimum Gasteiger partial charge on any atom is -0.168 e. The van der Waals surface area contributed by atoms with Crippen molar-refractivity contribution in [2.75, 3.05) is 0 Å². The lowest BCUT2D eigenvalue weighted by atomic mass is 10.0. The minimum atomic E-state index is 0.370. The number of nitrogens with zero attached hydrogens (tertiary/aromatic N) is 2. The fourth-order valence-electron chi connectivity index (χ4n) is 0.347. The first kappa shape index (κ1) is 9.07. The summed E-state index contributed by atoms with van der Waals surface area (Å²) in [6.45, 7) is 6.21. The van der Waals surface area contributed by atoms with Crippen LogP contribution in [0.25, 0.3) is 0 Å². The quantitative estimate of drug-likeness (QED) is 0.368. The van der Waals surface area contributed by atoms with Crippen LogP contribution in [0.5, 0.6) is 0 Å². The monoisotopic (exact) mass is 143 g/mol. The number of nitroso groups, excluding NO2 is 1. The molecule has 10 heavy (non-hydrogen) atoms. The predicted molar refractivity (Wildman–Crippen MR) is 41.4 cm³/mol. The molecule has 0 fully saturated rings. The highest BCUT2D eigenvalue weighted by Gasteiger charge is 2.01. The van der Waals surface area contributed by atoms with Gasteiger partial charge in [-0.25, -0.2) is 0 Å². The maximum absolute atomic E-state index is 9.48. The fraction of sp³-hybridized carbons (Fsp3) is 0.833. The lowest BCUT2D eigenvalue weighted by Gasteiger charge is -2.07. The Morgan fingerprint density at radius 2 is 2.00 bits per heavy atom. The molecule has 0 aliphatic rings. The molecular weight excluding hydrogens is 130 g/mol. The zero-order valence-electron chi connectivity index (χ0n) is 6.53. The van der Waals surface area contributed by atoms with Crippen molar-refractivity contribution in [3.63, 3.8) is 0 Å². The number of nitrogens with one attached hydrogen (secondary N) is 1. The molecule has 1 N–H and O–H groups in total. The molecule has 1 atom stereocenters. The van der Waals surface area contributed by atoms with Gasteiger partial charge in [-0.2, -0.15) is 10.6 Å². The highest BCUT2D eigenvalue weighted by atomic mass is 16.3. The Hall–Kier alpha value is -0.930. The maximum Gasteiger partial charge on any atom is 0.0722 e. The normalized spacial score (nSPS) is 14.0. The minimum absolute atomic E-state index is 0.370. The van der Waals surface area contributed by atoms with Crippen LogP contribution in [0.1, 0.15) is 20.8 Å². The Bertz CT molecular complexity index is 122. The molecule has 0 aliphatic heterocycles. The number of hydrazone groups is 1. The number of hydrogen-bond acceptors (Lipinski definition) is 3. The first-order valence-corrected chi connectivity index (χ1v) is 3.29. The number of rotatable bonds is 4. The molecule has 0 amide bonds. The Balaban J connectivity index is 3.54. The van der Waals surface area contributed by atoms with Crippen molar-refractivity contribution >= 4 is 6.21 Å². The highest BCUT2D eigenvalue weighted by Crippen LogP contribution is 2.05. The van der Waals surface area contributed by atoms with Crippen molar-refractivity contribution in [3.05, 3.63) is 4.91 Å². The molecule has 0 aliphatic carbocycles. The van der Waals surface area contributed by atoms with Gasteiger partial charge in [-0.05, 0) is 11.8 Å². The third-order valence-corrected chi connectivity index (χ3v) is 1.46. The molecule has 0 saturated heterocycles. The number of hydrogen-bond donors (Lipinski definition) is 1. The summed E-state index contributed by atoms with van der Waals surface area (Å²) in [5, 5.41) is 5.93. The summed E-state index contributed by atoms with van der Waals surface area (Å²) in [7, 11) is 0. The molecule has 0 radical (unpaired) electrons. The molecule has 0 aromatic heterocycles. The maximum atomic E-state index is 9.48. The van der Waals surface area contributed by atoms with Crippen LogP contribution in [0.4, 0.5) is 0 Å². The van der Waals surface area contributed by atoms with Crippen LogP contribution in [0.3, 0.4) is 0 Å². The Morgan fingerprint density at radius 3 is 2.40 bits per heavy atom. The SMILES string of the molecule is CC(C)C(C)/C=N\NN=O. The largest absolute Gasteiger partial charge is 0.168 e. The highest BCUT2D eigenvalue weighted by molar-refractivity contribution is 5.59. The van der Waals surface area contributed by atoms with Gasteiger partial charge in [0, 0.05) is 6.21 Å². The van der Waals surface area contributed by atoms with E-state index in [4.69, 9.17) is 0 Å². The van der Waals surface area contributed by atoms with Crippen molar-refractivity contribution < 1.29 is 0 Å². The van der Waals surface area contributed by atoms with E-state index in [1.165, 1.54) is 0 Å². The van der Waals surface area contributed by atoms with Gasteiger partial charge in [-0.1, -0.05) is 20.8 Å². The van der Waals surface area contributed by atoms with Gasteiger partial charge in [0.25, 0.3) is 0 Å². The van der Waals surface area contributed by atoms with Gasteiger partial charge < -0.3 is 0 Å². The summed E-state index contributed by atoms with van der Waals surface area (Å²) >= 11 is 0. The Kier molecular flexibility index (Phi) is 4.45. The average molecular weight is 143 g/mol. The van der Waals surface area contributed by atoms with Crippen molar-refractivity contribution in [2.24, 2.45) is 22.2 Å². The van der Waals surface area contributed by atoms with Crippen molar-refractivity contribution in [3.8, 4) is 0 Å². The van der Waals surface area contributed by atoms with Gasteiger partial charge in [-0.3, -0.25) is 0 Å². The second-order valence-corrected chi connectivity index (χ2v) is 2.57. The van der Waals surface area contributed by atoms with E-state index in [2.05, 4.69) is 24.2 Å². The fourth-order valence-corrected chi connectivity index (χ4v) is 0.347. The molecule has 0 spiro atoms. The predicted octanol–water partition coefficient (Wildman–Crippen LogP) is 1.54. The molecule has 0 saturated carbocycles. The van der Waals surface area contributed by atoms with E-state index < -0.39 is 0 Å². The third-order valence-electron chi connectivity index (χ3n) is 1.46. The smallest absolute Gasteiger partial charge is 0.0722 e. The van der Waals surface area contributed by atoms with Crippen LogP contribution in [-0.2, 0) is 0 Å². The molecule has 0 aromatic rings. The summed E-state index contributed by atoms with van der Waals surface area (Å²) in [4.78, 5) is 9.48. The van der Waals surface area contributed by atoms with Gasteiger partial charge in [0.15, 0.2) is 0 Å². The lowest BCUT2D eigenvalue weighted by Crippen LogP contribution is -2.07. The molecule has 58 valence electrons. The van der Waals surface area contributed by atoms with Gasteiger partial charge in [-0.15, -0.1) is 4.91 Å². The van der Waals surface area contributed by atoms with E-state index in [9.17, 15) is 4.91 Å². The lowest BCUT2D eigenvalue weighted by molar-refractivity contribution is 0.537. The van der Waals surface area contributed by atoms with Gasteiger partial charge in [0.05, 0.1) is 5.29 Å². The van der Waals surface area contributed by atoms with Gasteiger partial charge in [0.1, 0.15) is 0 Å². The molecule has 0 heterocycles. The summed E-state index contributed by atoms with van der Waals surface area (Å²) < 4.78 is 0. The second kappa shape index (κ2) is 4.90. The molecule has 4 nitrogen and oxygen atoms in total. The molecule has 1 unspecified atom stereocenters. The summed E-state index contributed by atoms with van der Waals surface area (Å²) in [6.07, 6.45) is 1.67. The standard InChI is InChI=1S/C6H13N3O/c1-5(2)6(3)4-7-8-9-10/h4-6H,1-3H3,(H,8,10)/b7-4-. The van der Waals surface area contributed by atoms with Crippen LogP contribution >= 0.6 is 0 Å². The first-order chi connectivity index (χ1) is 4.68. The molecular formula is C6H13N3O. The third kappa shape index (κ3) is 4.00. The second-order valence-electron chi connectivity index (χ2n) is 2.57. The van der Waals surface area contributed by atoms with E-state index in [1.807, 2.05) is 12.5 Å². The summed E-state index contributed by atoms with van der Waals surface area (Å²) in [6, 6.07) is 0. The van der Waals surface area contributed by atoms with E-state index in [0.29, 0.717) is 11.8 Å². The Labute approximate surface area is 60.6 Å². The Morgan fingerprint density at radius 1 is 1.40 bits per heavy atom. The van der Waals surface area contributed by atoms with E-state index in [1.54, 1.807) is 6.21 Å². The molecule has 0 rings (SSSR count). The molecule has 4 heteroatoms. The van der Waals surface area contributed by atoms with E-state index in [0.717, 1.165) is 0 Å². The van der Waals surface area contributed by atoms with Gasteiger partial charge in [0.2, 0.25) is 0 Å². The molecule has 0 aromatic carbocycles. The van der Waals surface area contributed by atoms with E-state index >= 15 is 0 Å². The van der Waals surface area contributed by atoms with Crippen LogP contribution in [0, 0.1) is 16.7 Å². The topological polar surface area (TPSA) is 53.8 Å². The van der Waals surface area contributed by atoms with Crippen molar-refractivity contribution in [1.82, 2.24) is 5.53 Å². The van der Waals surface area contributed by atoms with Gasteiger partial charge >= 0.3 is 0 Å². The van der Waals surface area contributed by atoms with Crippen molar-refractivity contribution in [1.29, 1.82) is 0 Å². The van der Waals surface area contributed by atoms with Crippen molar-refractivity contribution in [2.45, 2.75) is 20.8 Å². The zero-order valence-corrected chi connectivity index (χ0v) is 6.53. The molecule has 0 bridgehead atoms. The summed E-state index contributed by atoms with van der Waals surface area (Å²) in [5.74, 6) is 0.909. The van der Waals surface area contributed by atoms with Crippen LogP contribution in [0.15, 0.2) is 10.4 Å². The first-order valence-electron chi connectivity index (χ1n) is 3.29. The average Bonchev–Trinajstić information content (AvgIpc) is 1.88. The van der Waals surface area contributed by atoms with Crippen LogP contribution in [-0.4, -0.2) is 6.21 Å². The van der Waals surface area contributed by atoms with E-state index in [-0.39, 0.29) is 0 Å². The van der Waals surface area contributed by atoms with Crippen LogP contribution < -0.4 is 5.53 Å².